The normalized spacial score (nSPS) is 20.8. The van der Waals surface area contributed by atoms with E-state index in [0.717, 1.165) is 21.9 Å². The zero-order valence-corrected chi connectivity index (χ0v) is 11.9. The summed E-state index contributed by atoms with van der Waals surface area (Å²) in [6, 6.07) is 2.49. The van der Waals surface area contributed by atoms with Crippen LogP contribution in [-0.2, 0) is 0 Å². The lowest BCUT2D eigenvalue weighted by Crippen LogP contribution is -2.34. The van der Waals surface area contributed by atoms with Gasteiger partial charge in [0, 0.05) is 23.3 Å². The van der Waals surface area contributed by atoms with Crippen molar-refractivity contribution in [3.63, 3.8) is 0 Å². The Labute approximate surface area is 110 Å². The average molecular weight is 304 g/mol. The van der Waals surface area contributed by atoms with Crippen molar-refractivity contribution in [2.75, 3.05) is 11.4 Å². The van der Waals surface area contributed by atoms with Gasteiger partial charge in [-0.1, -0.05) is 25.4 Å². The fraction of sp³-hybridized carbons (Fsp3) is 0.583. The lowest BCUT2D eigenvalue weighted by atomic mass is 10.0. The minimum absolute atomic E-state index is 0.575. The van der Waals surface area contributed by atoms with Crippen molar-refractivity contribution in [1.82, 2.24) is 4.98 Å². The zero-order chi connectivity index (χ0) is 11.7. The quantitative estimate of drug-likeness (QED) is 0.817. The van der Waals surface area contributed by atoms with Crippen LogP contribution in [0.4, 0.5) is 5.82 Å². The van der Waals surface area contributed by atoms with E-state index in [1.165, 1.54) is 12.8 Å². The van der Waals surface area contributed by atoms with Gasteiger partial charge in [0.1, 0.15) is 5.82 Å². The van der Waals surface area contributed by atoms with Crippen molar-refractivity contribution in [1.29, 1.82) is 0 Å². The topological polar surface area (TPSA) is 16.1 Å². The minimum Gasteiger partial charge on any atom is -0.352 e. The first kappa shape index (κ1) is 12.2. The molecule has 0 aliphatic carbocycles. The van der Waals surface area contributed by atoms with E-state index in [1.54, 1.807) is 0 Å². The molecule has 0 saturated carbocycles. The Hall–Kier alpha value is -0.280. The van der Waals surface area contributed by atoms with E-state index in [1.807, 2.05) is 12.3 Å². The van der Waals surface area contributed by atoms with E-state index in [2.05, 4.69) is 39.7 Å². The largest absolute Gasteiger partial charge is 0.352 e. The van der Waals surface area contributed by atoms with Crippen LogP contribution in [0.1, 0.15) is 26.7 Å². The van der Waals surface area contributed by atoms with Crippen molar-refractivity contribution in [3.05, 3.63) is 21.8 Å². The summed E-state index contributed by atoms with van der Waals surface area (Å²) < 4.78 is 0.932. The highest BCUT2D eigenvalue weighted by Crippen LogP contribution is 2.33. The second-order valence-corrected chi connectivity index (χ2v) is 5.93. The third kappa shape index (κ3) is 2.35. The van der Waals surface area contributed by atoms with Gasteiger partial charge < -0.3 is 4.90 Å². The summed E-state index contributed by atoms with van der Waals surface area (Å²) in [7, 11) is 0. The van der Waals surface area contributed by atoms with E-state index in [0.29, 0.717) is 12.0 Å². The second kappa shape index (κ2) is 4.92. The maximum absolute atomic E-state index is 6.25. The van der Waals surface area contributed by atoms with Crippen LogP contribution >= 0.6 is 27.5 Å². The Balaban J connectivity index is 2.29. The number of aromatic nitrogens is 1. The predicted molar refractivity (Wildman–Crippen MR) is 72.2 cm³/mol. The van der Waals surface area contributed by atoms with Crippen LogP contribution < -0.4 is 4.90 Å². The number of anilines is 1. The highest BCUT2D eigenvalue weighted by Gasteiger charge is 2.29. The summed E-state index contributed by atoms with van der Waals surface area (Å²) in [6.45, 7) is 5.59. The Morgan fingerprint density at radius 1 is 1.56 bits per heavy atom. The Bertz CT molecular complexity index is 381. The van der Waals surface area contributed by atoms with E-state index in [4.69, 9.17) is 11.6 Å². The average Bonchev–Trinajstić information content (AvgIpc) is 2.66. The van der Waals surface area contributed by atoms with E-state index >= 15 is 0 Å². The van der Waals surface area contributed by atoms with Crippen LogP contribution in [0.25, 0.3) is 0 Å². The molecule has 1 saturated heterocycles. The Kier molecular flexibility index (Phi) is 3.75. The molecule has 2 rings (SSSR count). The molecule has 1 aliphatic heterocycles. The Morgan fingerprint density at radius 3 is 2.94 bits per heavy atom. The molecule has 0 spiro atoms. The van der Waals surface area contributed by atoms with E-state index < -0.39 is 0 Å². The summed E-state index contributed by atoms with van der Waals surface area (Å²) in [5.74, 6) is 1.57. The molecule has 1 fully saturated rings. The standard InChI is InChI=1S/C12H16BrClN2/c1-8(2)11-4-3-5-16(11)12-10(14)6-9(13)7-15-12/h6-8,11H,3-5H2,1-2H3. The molecule has 2 heterocycles. The third-order valence-electron chi connectivity index (χ3n) is 3.13. The lowest BCUT2D eigenvalue weighted by molar-refractivity contribution is 0.489. The monoisotopic (exact) mass is 302 g/mol. The molecule has 2 nitrogen and oxygen atoms in total. The number of hydrogen-bond acceptors (Lipinski definition) is 2. The van der Waals surface area contributed by atoms with Crippen molar-refractivity contribution in [3.8, 4) is 0 Å². The molecule has 0 bridgehead atoms. The molecule has 0 N–H and O–H groups in total. The molecule has 0 amide bonds. The molecule has 1 atom stereocenters. The second-order valence-electron chi connectivity index (χ2n) is 4.61. The van der Waals surface area contributed by atoms with E-state index in [9.17, 15) is 0 Å². The van der Waals surface area contributed by atoms with Crippen molar-refractivity contribution >= 4 is 33.3 Å². The van der Waals surface area contributed by atoms with Gasteiger partial charge in [-0.2, -0.15) is 0 Å². The molecule has 4 heteroatoms. The first-order chi connectivity index (χ1) is 7.59. The number of halogens is 2. The molecule has 16 heavy (non-hydrogen) atoms. The zero-order valence-electron chi connectivity index (χ0n) is 9.58. The summed E-state index contributed by atoms with van der Waals surface area (Å²) >= 11 is 9.63. The van der Waals surface area contributed by atoms with Crippen LogP contribution in [0.3, 0.4) is 0 Å². The third-order valence-corrected chi connectivity index (χ3v) is 3.84. The SMILES string of the molecule is CC(C)C1CCCN1c1ncc(Br)cc1Cl. The molecular weight excluding hydrogens is 288 g/mol. The summed E-state index contributed by atoms with van der Waals surface area (Å²) in [4.78, 5) is 6.79. The molecule has 1 aromatic rings. The van der Waals surface area contributed by atoms with Crippen LogP contribution in [0.5, 0.6) is 0 Å². The smallest absolute Gasteiger partial charge is 0.147 e. The van der Waals surface area contributed by atoms with Gasteiger partial charge in [-0.3, -0.25) is 0 Å². The fourth-order valence-electron chi connectivity index (χ4n) is 2.37. The van der Waals surface area contributed by atoms with Crippen LogP contribution in [0, 0.1) is 5.92 Å². The summed E-state index contributed by atoms with van der Waals surface area (Å²) in [5.41, 5.74) is 0. The van der Waals surface area contributed by atoms with Gasteiger partial charge in [-0.15, -0.1) is 0 Å². The van der Waals surface area contributed by atoms with Crippen LogP contribution in [0.15, 0.2) is 16.7 Å². The van der Waals surface area contributed by atoms with Crippen LogP contribution in [-0.4, -0.2) is 17.6 Å². The minimum atomic E-state index is 0.575. The van der Waals surface area contributed by atoms with Crippen molar-refractivity contribution < 1.29 is 0 Å². The van der Waals surface area contributed by atoms with Crippen molar-refractivity contribution in [2.24, 2.45) is 5.92 Å². The van der Waals surface area contributed by atoms with Gasteiger partial charge >= 0.3 is 0 Å². The molecule has 1 unspecified atom stereocenters. The molecule has 1 aliphatic rings. The first-order valence-electron chi connectivity index (χ1n) is 5.67. The highest BCUT2D eigenvalue weighted by molar-refractivity contribution is 9.10. The molecule has 88 valence electrons. The van der Waals surface area contributed by atoms with Crippen molar-refractivity contribution in [2.45, 2.75) is 32.7 Å². The molecule has 0 radical (unpaired) electrons. The lowest BCUT2D eigenvalue weighted by Gasteiger charge is -2.29. The van der Waals surface area contributed by atoms with E-state index in [-0.39, 0.29) is 0 Å². The summed E-state index contributed by atoms with van der Waals surface area (Å²) in [5, 5.41) is 0.738. The number of hydrogen-bond donors (Lipinski definition) is 0. The maximum Gasteiger partial charge on any atom is 0.147 e. The predicted octanol–water partition coefficient (Wildman–Crippen LogP) is 4.12. The first-order valence-corrected chi connectivity index (χ1v) is 6.84. The van der Waals surface area contributed by atoms with Gasteiger partial charge in [0.05, 0.1) is 5.02 Å². The van der Waals surface area contributed by atoms with Crippen LogP contribution in [0.2, 0.25) is 5.02 Å². The summed E-state index contributed by atoms with van der Waals surface area (Å²) in [6.07, 6.45) is 4.29. The number of nitrogens with zero attached hydrogens (tertiary/aromatic N) is 2. The number of pyridine rings is 1. The molecular formula is C12H16BrClN2. The van der Waals surface area contributed by atoms with Gasteiger partial charge in [0.2, 0.25) is 0 Å². The highest BCUT2D eigenvalue weighted by atomic mass is 79.9. The Morgan fingerprint density at radius 2 is 2.31 bits per heavy atom. The van der Waals surface area contributed by atoms with Gasteiger partial charge in [0.15, 0.2) is 0 Å². The molecule has 0 aromatic carbocycles. The van der Waals surface area contributed by atoms with Gasteiger partial charge in [-0.05, 0) is 40.8 Å². The number of rotatable bonds is 2. The fourth-order valence-corrected chi connectivity index (χ4v) is 3.11. The molecule has 1 aromatic heterocycles. The van der Waals surface area contributed by atoms with Gasteiger partial charge in [-0.25, -0.2) is 4.98 Å². The maximum atomic E-state index is 6.25. The van der Waals surface area contributed by atoms with Gasteiger partial charge in [0.25, 0.3) is 0 Å².